The zero-order valence-electron chi connectivity index (χ0n) is 13.9. The third-order valence-electron chi connectivity index (χ3n) is 3.34. The van der Waals surface area contributed by atoms with Gasteiger partial charge >= 0.3 is 0 Å². The van der Waals surface area contributed by atoms with Crippen molar-refractivity contribution in [2.45, 2.75) is 6.92 Å². The molecule has 0 heterocycles. The van der Waals surface area contributed by atoms with Crippen molar-refractivity contribution in [3.63, 3.8) is 0 Å². The molecule has 6 heteroatoms. The molecule has 0 aliphatic carbocycles. The van der Waals surface area contributed by atoms with Crippen LogP contribution in [0.4, 0.5) is 11.4 Å². The molecule has 0 saturated heterocycles. The first-order valence-electron chi connectivity index (χ1n) is 7.44. The molecule has 0 spiro atoms. The number of nitrogens with one attached hydrogen (secondary N) is 1. The second kappa shape index (κ2) is 8.36. The van der Waals surface area contributed by atoms with Crippen LogP contribution < -0.4 is 10.2 Å². The summed E-state index contributed by atoms with van der Waals surface area (Å²) in [6.45, 7) is 1.73. The summed E-state index contributed by atoms with van der Waals surface area (Å²) in [5, 5.41) is 7.11. The maximum atomic E-state index is 11.8. The zero-order chi connectivity index (χ0) is 17.5. The predicted molar refractivity (Wildman–Crippen MR) is 99.1 cm³/mol. The number of hydrogen-bond acceptors (Lipinski definition) is 4. The van der Waals surface area contributed by atoms with E-state index in [4.69, 9.17) is 16.4 Å². The van der Waals surface area contributed by atoms with E-state index in [0.717, 1.165) is 16.8 Å². The lowest BCUT2D eigenvalue weighted by atomic mass is 10.2. The van der Waals surface area contributed by atoms with Crippen LogP contribution in [-0.4, -0.2) is 32.8 Å². The fourth-order valence-electron chi connectivity index (χ4n) is 1.92. The molecular weight excluding hydrogens is 326 g/mol. The van der Waals surface area contributed by atoms with Crippen LogP contribution in [0.1, 0.15) is 11.1 Å². The Morgan fingerprint density at radius 1 is 1.25 bits per heavy atom. The number of carbonyl (C=O) groups excluding carboxylic acids is 1. The lowest BCUT2D eigenvalue weighted by Gasteiger charge is -2.11. The van der Waals surface area contributed by atoms with E-state index in [2.05, 4.69) is 10.5 Å². The number of amides is 1. The van der Waals surface area contributed by atoms with Gasteiger partial charge in [0.05, 0.1) is 6.21 Å². The normalized spacial score (nSPS) is 10.7. The van der Waals surface area contributed by atoms with Crippen LogP contribution in [-0.2, 0) is 9.63 Å². The van der Waals surface area contributed by atoms with Crippen LogP contribution in [0.2, 0.25) is 5.02 Å². The largest absolute Gasteiger partial charge is 0.386 e. The van der Waals surface area contributed by atoms with E-state index in [1.165, 1.54) is 0 Å². The molecule has 0 aliphatic heterocycles. The van der Waals surface area contributed by atoms with Crippen molar-refractivity contribution in [3.8, 4) is 0 Å². The second-order valence-corrected chi connectivity index (χ2v) is 5.91. The van der Waals surface area contributed by atoms with Gasteiger partial charge in [-0.2, -0.15) is 0 Å². The standard InChI is InChI=1S/C18H20ClN3O2/c1-13-4-7-15(10-17(13)19)21-18(23)12-24-20-11-14-5-8-16(9-6-14)22(2)3/h4-11H,12H2,1-3H3,(H,21,23)/b20-11-. The Kier molecular flexibility index (Phi) is 6.21. The minimum atomic E-state index is -0.296. The molecule has 2 aromatic rings. The molecule has 0 saturated carbocycles. The quantitative estimate of drug-likeness (QED) is 0.641. The Bertz CT molecular complexity index is 728. The lowest BCUT2D eigenvalue weighted by Crippen LogP contribution is -2.17. The van der Waals surface area contributed by atoms with E-state index in [1.807, 2.05) is 56.3 Å². The van der Waals surface area contributed by atoms with Crippen molar-refractivity contribution in [1.82, 2.24) is 0 Å². The molecule has 1 N–H and O–H groups in total. The summed E-state index contributed by atoms with van der Waals surface area (Å²) in [5.41, 5.74) is 3.58. The average Bonchev–Trinajstić information content (AvgIpc) is 2.55. The highest BCUT2D eigenvalue weighted by molar-refractivity contribution is 6.31. The van der Waals surface area contributed by atoms with Gasteiger partial charge in [0.2, 0.25) is 0 Å². The van der Waals surface area contributed by atoms with Crippen LogP contribution in [0.3, 0.4) is 0 Å². The summed E-state index contributed by atoms with van der Waals surface area (Å²) >= 11 is 6.01. The third-order valence-corrected chi connectivity index (χ3v) is 3.74. The Balaban J connectivity index is 1.80. The first-order chi connectivity index (χ1) is 11.5. The maximum absolute atomic E-state index is 11.8. The molecule has 1 amide bonds. The maximum Gasteiger partial charge on any atom is 0.265 e. The summed E-state index contributed by atoms with van der Waals surface area (Å²) in [6, 6.07) is 13.1. The number of halogens is 1. The van der Waals surface area contributed by atoms with Crippen LogP contribution >= 0.6 is 11.6 Å². The van der Waals surface area contributed by atoms with Gasteiger partial charge in [0.25, 0.3) is 5.91 Å². The Hall–Kier alpha value is -2.53. The van der Waals surface area contributed by atoms with E-state index >= 15 is 0 Å². The van der Waals surface area contributed by atoms with Crippen molar-refractivity contribution >= 4 is 35.1 Å². The highest BCUT2D eigenvalue weighted by atomic mass is 35.5. The topological polar surface area (TPSA) is 53.9 Å². The van der Waals surface area contributed by atoms with E-state index in [1.54, 1.807) is 18.3 Å². The lowest BCUT2D eigenvalue weighted by molar-refractivity contribution is -0.120. The van der Waals surface area contributed by atoms with E-state index in [-0.39, 0.29) is 12.5 Å². The summed E-state index contributed by atoms with van der Waals surface area (Å²) in [6.07, 6.45) is 1.56. The molecule has 0 aliphatic rings. The van der Waals surface area contributed by atoms with Crippen LogP contribution in [0.15, 0.2) is 47.6 Å². The van der Waals surface area contributed by atoms with E-state index < -0.39 is 0 Å². The van der Waals surface area contributed by atoms with Gasteiger partial charge in [-0.15, -0.1) is 0 Å². The Morgan fingerprint density at radius 3 is 2.58 bits per heavy atom. The van der Waals surface area contributed by atoms with E-state index in [0.29, 0.717) is 10.7 Å². The van der Waals surface area contributed by atoms with Crippen molar-refractivity contribution in [3.05, 3.63) is 58.6 Å². The predicted octanol–water partition coefficient (Wildman–Crippen LogP) is 3.70. The molecule has 0 fully saturated rings. The van der Waals surface area contributed by atoms with Gasteiger partial charge in [-0.1, -0.05) is 35.0 Å². The molecular formula is C18H20ClN3O2. The van der Waals surface area contributed by atoms with Gasteiger partial charge in [0, 0.05) is 30.5 Å². The van der Waals surface area contributed by atoms with Crippen LogP contribution in [0, 0.1) is 6.92 Å². The van der Waals surface area contributed by atoms with Gasteiger partial charge in [0.1, 0.15) is 0 Å². The zero-order valence-corrected chi connectivity index (χ0v) is 14.7. The fourth-order valence-corrected chi connectivity index (χ4v) is 2.10. The fraction of sp³-hybridized carbons (Fsp3) is 0.222. The van der Waals surface area contributed by atoms with E-state index in [9.17, 15) is 4.79 Å². The van der Waals surface area contributed by atoms with Gasteiger partial charge in [0.15, 0.2) is 6.61 Å². The minimum absolute atomic E-state index is 0.169. The number of aryl methyl sites for hydroxylation is 1. The molecule has 2 aromatic carbocycles. The molecule has 0 bridgehead atoms. The average molecular weight is 346 g/mol. The van der Waals surface area contributed by atoms with Gasteiger partial charge in [-0.05, 0) is 42.3 Å². The number of anilines is 2. The molecule has 0 radical (unpaired) electrons. The molecule has 126 valence electrons. The number of carbonyl (C=O) groups is 1. The SMILES string of the molecule is Cc1ccc(NC(=O)CO/N=C\c2ccc(N(C)C)cc2)cc1Cl. The summed E-state index contributed by atoms with van der Waals surface area (Å²) in [5.74, 6) is -0.296. The van der Waals surface area contributed by atoms with Crippen molar-refractivity contribution < 1.29 is 9.63 Å². The second-order valence-electron chi connectivity index (χ2n) is 5.51. The monoisotopic (exact) mass is 345 g/mol. The summed E-state index contributed by atoms with van der Waals surface area (Å²) in [7, 11) is 3.96. The highest BCUT2D eigenvalue weighted by Gasteiger charge is 2.04. The van der Waals surface area contributed by atoms with Crippen molar-refractivity contribution in [1.29, 1.82) is 0 Å². The molecule has 24 heavy (non-hydrogen) atoms. The number of benzene rings is 2. The smallest absolute Gasteiger partial charge is 0.265 e. The molecule has 0 aromatic heterocycles. The minimum Gasteiger partial charge on any atom is -0.386 e. The van der Waals surface area contributed by atoms with Gasteiger partial charge in [-0.3, -0.25) is 4.79 Å². The molecule has 0 atom stereocenters. The van der Waals surface area contributed by atoms with Crippen LogP contribution in [0.25, 0.3) is 0 Å². The first kappa shape index (κ1) is 17.8. The summed E-state index contributed by atoms with van der Waals surface area (Å²) in [4.78, 5) is 18.8. The molecule has 0 unspecified atom stereocenters. The van der Waals surface area contributed by atoms with Gasteiger partial charge < -0.3 is 15.1 Å². The number of nitrogens with zero attached hydrogens (tertiary/aromatic N) is 2. The number of rotatable bonds is 6. The first-order valence-corrected chi connectivity index (χ1v) is 7.82. The molecule has 2 rings (SSSR count). The third kappa shape index (κ3) is 5.28. The van der Waals surface area contributed by atoms with Crippen LogP contribution in [0.5, 0.6) is 0 Å². The van der Waals surface area contributed by atoms with Gasteiger partial charge in [-0.25, -0.2) is 0 Å². The summed E-state index contributed by atoms with van der Waals surface area (Å²) < 4.78 is 0. The molecule has 5 nitrogen and oxygen atoms in total. The number of oxime groups is 1. The van der Waals surface area contributed by atoms with Crippen molar-refractivity contribution in [2.24, 2.45) is 5.16 Å². The Morgan fingerprint density at radius 2 is 1.96 bits per heavy atom. The Labute approximate surface area is 146 Å². The van der Waals surface area contributed by atoms with Crippen molar-refractivity contribution in [2.75, 3.05) is 30.9 Å². The number of hydrogen-bond donors (Lipinski definition) is 1. The highest BCUT2D eigenvalue weighted by Crippen LogP contribution is 2.19.